The van der Waals surface area contributed by atoms with Crippen molar-refractivity contribution in [2.24, 2.45) is 0 Å². The van der Waals surface area contributed by atoms with Crippen molar-refractivity contribution < 1.29 is 4.74 Å². The van der Waals surface area contributed by atoms with Crippen LogP contribution in [-0.2, 0) is 13.0 Å². The van der Waals surface area contributed by atoms with Crippen molar-refractivity contribution >= 4 is 10.9 Å². The average Bonchev–Trinajstić information content (AvgIpc) is 3.05. The molecule has 0 atom stereocenters. The number of likely N-dealkylation sites (N-methyl/N-ethyl adjacent to an activating group) is 1. The smallest absolute Gasteiger partial charge is 0.129 e. The first-order valence-corrected chi connectivity index (χ1v) is 8.64. The van der Waals surface area contributed by atoms with E-state index < -0.39 is 0 Å². The lowest BCUT2D eigenvalue weighted by molar-refractivity contribution is 0.309. The van der Waals surface area contributed by atoms with Crippen molar-refractivity contribution in [1.29, 1.82) is 0 Å². The second-order valence-corrected chi connectivity index (χ2v) is 6.36. The second-order valence-electron chi connectivity index (χ2n) is 6.36. The molecular weight excluding hydrogens is 296 g/mol. The van der Waals surface area contributed by atoms with Gasteiger partial charge >= 0.3 is 0 Å². The zero-order valence-electron chi connectivity index (χ0n) is 14.8. The van der Waals surface area contributed by atoms with Gasteiger partial charge < -0.3 is 14.6 Å². The van der Waals surface area contributed by atoms with E-state index >= 15 is 0 Å². The highest BCUT2D eigenvalue weighted by atomic mass is 16.5. The maximum absolute atomic E-state index is 6.16. The van der Waals surface area contributed by atoms with Crippen LogP contribution in [0.3, 0.4) is 0 Å². The van der Waals surface area contributed by atoms with E-state index in [1.54, 1.807) is 0 Å². The summed E-state index contributed by atoms with van der Waals surface area (Å²) in [4.78, 5) is 5.77. The molecule has 1 heterocycles. The molecule has 0 aliphatic rings. The fourth-order valence-electron chi connectivity index (χ4n) is 2.95. The Morgan fingerprint density at radius 2 is 1.88 bits per heavy atom. The summed E-state index contributed by atoms with van der Waals surface area (Å²) < 4.78 is 6.16. The van der Waals surface area contributed by atoms with E-state index in [-0.39, 0.29) is 0 Å². The third-order valence-corrected chi connectivity index (χ3v) is 4.63. The average molecular weight is 322 g/mol. The summed E-state index contributed by atoms with van der Waals surface area (Å²) in [7, 11) is 2.16. The largest absolute Gasteiger partial charge is 0.488 e. The summed E-state index contributed by atoms with van der Waals surface area (Å²) in [5.74, 6) is 0.967. The molecule has 3 heteroatoms. The molecule has 0 bridgehead atoms. The number of ether oxygens (including phenoxy) is 1. The predicted octanol–water partition coefficient (Wildman–Crippen LogP) is 4.55. The normalized spacial score (nSPS) is 11.3. The van der Waals surface area contributed by atoms with Gasteiger partial charge in [-0.3, -0.25) is 0 Å². The number of hydrogen-bond donors (Lipinski definition) is 1. The minimum atomic E-state index is 0.596. The SMILES string of the molecule is CCN(C)CCc1c[nH]c2c(C)ccc(OCc3ccccc3)c12. The van der Waals surface area contributed by atoms with E-state index in [4.69, 9.17) is 4.74 Å². The monoisotopic (exact) mass is 322 g/mol. The Kier molecular flexibility index (Phi) is 5.21. The van der Waals surface area contributed by atoms with Gasteiger partial charge in [0.2, 0.25) is 0 Å². The Morgan fingerprint density at radius 3 is 2.62 bits per heavy atom. The number of aromatic amines is 1. The van der Waals surface area contributed by atoms with Crippen LogP contribution >= 0.6 is 0 Å². The molecule has 1 N–H and O–H groups in total. The molecule has 3 nitrogen and oxygen atoms in total. The van der Waals surface area contributed by atoms with E-state index in [2.05, 4.69) is 61.2 Å². The number of aromatic nitrogens is 1. The first-order valence-electron chi connectivity index (χ1n) is 8.64. The molecule has 1 aromatic heterocycles. The Hall–Kier alpha value is -2.26. The minimum Gasteiger partial charge on any atom is -0.488 e. The summed E-state index contributed by atoms with van der Waals surface area (Å²) in [5.41, 5.74) is 4.97. The van der Waals surface area contributed by atoms with Gasteiger partial charge in [0.1, 0.15) is 12.4 Å². The molecule has 3 aromatic rings. The summed E-state index contributed by atoms with van der Waals surface area (Å²) in [6.45, 7) is 7.04. The first kappa shape index (κ1) is 16.6. The van der Waals surface area contributed by atoms with Gasteiger partial charge in [-0.25, -0.2) is 0 Å². The van der Waals surface area contributed by atoms with Crippen LogP contribution in [0.5, 0.6) is 5.75 Å². The summed E-state index contributed by atoms with van der Waals surface area (Å²) >= 11 is 0. The van der Waals surface area contributed by atoms with Crippen molar-refractivity contribution in [1.82, 2.24) is 9.88 Å². The van der Waals surface area contributed by atoms with Crippen LogP contribution in [0.25, 0.3) is 10.9 Å². The fraction of sp³-hybridized carbons (Fsp3) is 0.333. The number of fused-ring (bicyclic) bond motifs is 1. The molecule has 0 radical (unpaired) electrons. The van der Waals surface area contributed by atoms with Gasteiger partial charge in [0.25, 0.3) is 0 Å². The first-order chi connectivity index (χ1) is 11.7. The lowest BCUT2D eigenvalue weighted by Gasteiger charge is -2.14. The number of H-pyrrole nitrogens is 1. The van der Waals surface area contributed by atoms with E-state index in [0.717, 1.165) is 25.3 Å². The van der Waals surface area contributed by atoms with Gasteiger partial charge in [0, 0.05) is 18.1 Å². The van der Waals surface area contributed by atoms with E-state index in [1.165, 1.54) is 27.6 Å². The topological polar surface area (TPSA) is 28.3 Å². The predicted molar refractivity (Wildman–Crippen MR) is 101 cm³/mol. The molecule has 24 heavy (non-hydrogen) atoms. The molecule has 0 unspecified atom stereocenters. The van der Waals surface area contributed by atoms with Crippen LogP contribution < -0.4 is 4.74 Å². The Morgan fingerprint density at radius 1 is 1.08 bits per heavy atom. The number of rotatable bonds is 7. The quantitative estimate of drug-likeness (QED) is 0.691. The third kappa shape index (κ3) is 3.62. The maximum Gasteiger partial charge on any atom is 0.129 e. The number of hydrogen-bond acceptors (Lipinski definition) is 2. The van der Waals surface area contributed by atoms with Crippen molar-refractivity contribution in [2.75, 3.05) is 20.1 Å². The second kappa shape index (κ2) is 7.54. The zero-order chi connectivity index (χ0) is 16.9. The summed E-state index contributed by atoms with van der Waals surface area (Å²) in [6, 6.07) is 14.5. The van der Waals surface area contributed by atoms with Crippen LogP contribution in [0.4, 0.5) is 0 Å². The molecule has 0 fully saturated rings. The Balaban J connectivity index is 1.86. The van der Waals surface area contributed by atoms with E-state index in [1.807, 2.05) is 18.2 Å². The van der Waals surface area contributed by atoms with Gasteiger partial charge in [0.15, 0.2) is 0 Å². The summed E-state index contributed by atoms with van der Waals surface area (Å²) in [6.07, 6.45) is 3.16. The third-order valence-electron chi connectivity index (χ3n) is 4.63. The Labute approximate surface area is 144 Å². The highest BCUT2D eigenvalue weighted by molar-refractivity contribution is 5.91. The highest BCUT2D eigenvalue weighted by Crippen LogP contribution is 2.32. The van der Waals surface area contributed by atoms with Crippen molar-refractivity contribution in [3.05, 3.63) is 65.4 Å². The number of benzene rings is 2. The maximum atomic E-state index is 6.16. The van der Waals surface area contributed by atoms with Crippen molar-refractivity contribution in [3.63, 3.8) is 0 Å². The van der Waals surface area contributed by atoms with Gasteiger partial charge in [-0.2, -0.15) is 0 Å². The van der Waals surface area contributed by atoms with Gasteiger partial charge in [-0.1, -0.05) is 43.3 Å². The van der Waals surface area contributed by atoms with Crippen LogP contribution in [0, 0.1) is 6.92 Å². The minimum absolute atomic E-state index is 0.596. The molecule has 0 saturated heterocycles. The van der Waals surface area contributed by atoms with Crippen molar-refractivity contribution in [3.8, 4) is 5.75 Å². The van der Waals surface area contributed by atoms with Crippen LogP contribution in [0.2, 0.25) is 0 Å². The molecule has 0 aliphatic carbocycles. The number of nitrogens with one attached hydrogen (secondary N) is 1. The number of nitrogens with zero attached hydrogens (tertiary/aromatic N) is 1. The standard InChI is InChI=1S/C21H26N2O/c1-4-23(3)13-12-18-14-22-21-16(2)10-11-19(20(18)21)24-15-17-8-6-5-7-9-17/h5-11,14,22H,4,12-13,15H2,1-3H3. The Bertz CT molecular complexity index is 792. The van der Waals surface area contributed by atoms with E-state index in [0.29, 0.717) is 6.61 Å². The lowest BCUT2D eigenvalue weighted by Crippen LogP contribution is -2.20. The van der Waals surface area contributed by atoms with Crippen molar-refractivity contribution in [2.45, 2.75) is 26.9 Å². The van der Waals surface area contributed by atoms with Gasteiger partial charge in [0.05, 0.1) is 5.52 Å². The molecule has 0 amide bonds. The number of aryl methyl sites for hydroxylation is 1. The molecule has 0 aliphatic heterocycles. The van der Waals surface area contributed by atoms with E-state index in [9.17, 15) is 0 Å². The highest BCUT2D eigenvalue weighted by Gasteiger charge is 2.12. The van der Waals surface area contributed by atoms with Gasteiger partial charge in [-0.05, 0) is 49.7 Å². The fourth-order valence-corrected chi connectivity index (χ4v) is 2.95. The van der Waals surface area contributed by atoms with Gasteiger partial charge in [-0.15, -0.1) is 0 Å². The molecular formula is C21H26N2O. The zero-order valence-corrected chi connectivity index (χ0v) is 14.8. The molecule has 2 aromatic carbocycles. The molecule has 126 valence electrons. The lowest BCUT2D eigenvalue weighted by atomic mass is 10.1. The van der Waals surface area contributed by atoms with Crippen LogP contribution in [0.15, 0.2) is 48.7 Å². The molecule has 0 saturated carbocycles. The van der Waals surface area contributed by atoms with Crippen LogP contribution in [0.1, 0.15) is 23.6 Å². The molecule has 0 spiro atoms. The summed E-state index contributed by atoms with van der Waals surface area (Å²) in [5, 5.41) is 1.23. The molecule has 3 rings (SSSR count). The van der Waals surface area contributed by atoms with Crippen LogP contribution in [-0.4, -0.2) is 30.0 Å².